The van der Waals surface area contributed by atoms with Crippen LogP contribution in [0, 0.1) is 17.2 Å². The lowest BCUT2D eigenvalue weighted by molar-refractivity contribution is -0.134. The molecule has 0 bridgehead atoms. The van der Waals surface area contributed by atoms with E-state index in [1.165, 1.54) is 12.1 Å². The van der Waals surface area contributed by atoms with E-state index >= 15 is 0 Å². The van der Waals surface area contributed by atoms with Crippen molar-refractivity contribution in [3.05, 3.63) is 52.3 Å². The Hall–Kier alpha value is -2.05. The molecule has 1 N–H and O–H groups in total. The Balaban J connectivity index is 1.86. The summed E-state index contributed by atoms with van der Waals surface area (Å²) in [6.07, 6.45) is 3.65. The van der Waals surface area contributed by atoms with Gasteiger partial charge in [-0.05, 0) is 49.4 Å². The van der Waals surface area contributed by atoms with Gasteiger partial charge in [0.25, 0.3) is 0 Å². The van der Waals surface area contributed by atoms with Crippen LogP contribution in [0.15, 0.2) is 41.4 Å². The number of carbonyl (C=O) groups is 1. The van der Waals surface area contributed by atoms with Crippen molar-refractivity contribution in [1.82, 2.24) is 14.2 Å². The standard InChI is InChI=1S/C21H24Cl2N4O3S/c1-15-7-11-27(12-8-15)21(28)19(9-13-26-10-3-4-16(26)14-24)25-31(29,30)20-17(22)5-2-6-18(20)23/h2-6,10,15,19,25H,7-9,11-13H2,1H3. The molecule has 1 unspecified atom stereocenters. The summed E-state index contributed by atoms with van der Waals surface area (Å²) in [5.74, 6) is 0.239. The third kappa shape index (κ3) is 5.60. The Bertz CT molecular complexity index is 1070. The monoisotopic (exact) mass is 482 g/mol. The molecule has 166 valence electrons. The number of halogens is 2. The van der Waals surface area contributed by atoms with E-state index < -0.39 is 16.1 Å². The lowest BCUT2D eigenvalue weighted by atomic mass is 9.98. The Morgan fingerprint density at radius 2 is 1.87 bits per heavy atom. The van der Waals surface area contributed by atoms with Crippen LogP contribution < -0.4 is 4.72 Å². The summed E-state index contributed by atoms with van der Waals surface area (Å²) >= 11 is 12.2. The van der Waals surface area contributed by atoms with Crippen LogP contribution in [-0.2, 0) is 21.4 Å². The molecular formula is C21H24Cl2N4O3S. The molecule has 2 heterocycles. The van der Waals surface area contributed by atoms with Crippen LogP contribution in [0.25, 0.3) is 0 Å². The summed E-state index contributed by atoms with van der Waals surface area (Å²) in [6, 6.07) is 8.88. The molecule has 1 fully saturated rings. The van der Waals surface area contributed by atoms with Crippen molar-refractivity contribution in [2.24, 2.45) is 5.92 Å². The second-order valence-electron chi connectivity index (χ2n) is 7.72. The van der Waals surface area contributed by atoms with Gasteiger partial charge in [0.15, 0.2) is 0 Å². The first-order chi connectivity index (χ1) is 14.7. The first kappa shape index (κ1) is 23.6. The Morgan fingerprint density at radius 3 is 2.48 bits per heavy atom. The molecule has 31 heavy (non-hydrogen) atoms. The van der Waals surface area contributed by atoms with E-state index in [-0.39, 0.29) is 27.3 Å². The molecule has 0 aliphatic carbocycles. The number of hydrogen-bond acceptors (Lipinski definition) is 4. The Morgan fingerprint density at radius 1 is 1.23 bits per heavy atom. The van der Waals surface area contributed by atoms with Gasteiger partial charge in [-0.1, -0.05) is 36.2 Å². The number of carbonyl (C=O) groups excluding carboxylic acids is 1. The van der Waals surface area contributed by atoms with E-state index in [1.807, 2.05) is 0 Å². The topological polar surface area (TPSA) is 95.2 Å². The van der Waals surface area contributed by atoms with Crippen molar-refractivity contribution in [1.29, 1.82) is 5.26 Å². The summed E-state index contributed by atoms with van der Waals surface area (Å²) in [5, 5.41) is 9.18. The predicted molar refractivity (Wildman–Crippen MR) is 119 cm³/mol. The van der Waals surface area contributed by atoms with Gasteiger partial charge in [-0.3, -0.25) is 4.79 Å². The van der Waals surface area contributed by atoms with Crippen molar-refractivity contribution in [2.75, 3.05) is 13.1 Å². The largest absolute Gasteiger partial charge is 0.341 e. The number of likely N-dealkylation sites (tertiary alicyclic amines) is 1. The second-order valence-corrected chi connectivity index (χ2v) is 10.2. The lowest BCUT2D eigenvalue weighted by Gasteiger charge is -2.33. The molecule has 1 aromatic heterocycles. The fraction of sp³-hybridized carbons (Fsp3) is 0.429. The zero-order chi connectivity index (χ0) is 22.6. The second kappa shape index (κ2) is 10.0. The van der Waals surface area contributed by atoms with Crippen molar-refractivity contribution in [3.63, 3.8) is 0 Å². The molecule has 0 spiro atoms. The van der Waals surface area contributed by atoms with Gasteiger partial charge in [-0.25, -0.2) is 8.42 Å². The van der Waals surface area contributed by atoms with E-state index in [4.69, 9.17) is 23.2 Å². The molecule has 3 rings (SSSR count). The molecule has 0 saturated carbocycles. The fourth-order valence-corrected chi connectivity index (χ4v) is 6.01. The highest BCUT2D eigenvalue weighted by Crippen LogP contribution is 2.29. The van der Waals surface area contributed by atoms with Crippen molar-refractivity contribution >= 4 is 39.1 Å². The maximum atomic E-state index is 13.3. The number of benzene rings is 1. The molecular weight excluding hydrogens is 459 g/mol. The molecule has 1 aromatic carbocycles. The molecule has 2 aromatic rings. The number of aryl methyl sites for hydroxylation is 1. The van der Waals surface area contributed by atoms with E-state index in [1.54, 1.807) is 33.9 Å². The maximum absolute atomic E-state index is 13.3. The number of aromatic nitrogens is 1. The lowest BCUT2D eigenvalue weighted by Crippen LogP contribution is -2.51. The van der Waals surface area contributed by atoms with Crippen LogP contribution in [0.1, 0.15) is 31.9 Å². The van der Waals surface area contributed by atoms with Crippen molar-refractivity contribution in [3.8, 4) is 6.07 Å². The quantitative estimate of drug-likeness (QED) is 0.650. The van der Waals surface area contributed by atoms with Gasteiger partial charge in [0, 0.05) is 25.8 Å². The molecule has 1 aliphatic heterocycles. The van der Waals surface area contributed by atoms with Gasteiger partial charge in [-0.15, -0.1) is 0 Å². The number of amides is 1. The molecule has 10 heteroatoms. The minimum atomic E-state index is -4.16. The van der Waals surface area contributed by atoms with Gasteiger partial charge in [0.1, 0.15) is 22.7 Å². The van der Waals surface area contributed by atoms with Gasteiger partial charge in [0.05, 0.1) is 10.0 Å². The normalized spacial score (nSPS) is 16.1. The molecule has 1 aliphatic rings. The highest BCUT2D eigenvalue weighted by atomic mass is 35.5. The van der Waals surface area contributed by atoms with Crippen LogP contribution in [0.3, 0.4) is 0 Å². The number of rotatable bonds is 7. The van der Waals surface area contributed by atoms with E-state index in [0.29, 0.717) is 31.2 Å². The summed E-state index contributed by atoms with van der Waals surface area (Å²) in [5.41, 5.74) is 0.440. The maximum Gasteiger partial charge on any atom is 0.244 e. The van der Waals surface area contributed by atoms with Crippen LogP contribution in [-0.4, -0.2) is 42.9 Å². The molecule has 7 nitrogen and oxygen atoms in total. The third-order valence-corrected chi connectivity index (χ3v) is 7.91. The highest BCUT2D eigenvalue weighted by molar-refractivity contribution is 7.89. The first-order valence-electron chi connectivity index (χ1n) is 10.0. The first-order valence-corrected chi connectivity index (χ1v) is 12.3. The van der Waals surface area contributed by atoms with Gasteiger partial charge in [0.2, 0.25) is 15.9 Å². The number of nitrogens with zero attached hydrogens (tertiary/aromatic N) is 3. The van der Waals surface area contributed by atoms with Gasteiger partial charge >= 0.3 is 0 Å². The van der Waals surface area contributed by atoms with Gasteiger partial charge < -0.3 is 9.47 Å². The smallest absolute Gasteiger partial charge is 0.244 e. The predicted octanol–water partition coefficient (Wildman–Crippen LogP) is 3.66. The number of nitrogens with one attached hydrogen (secondary N) is 1. The number of piperidine rings is 1. The highest BCUT2D eigenvalue weighted by Gasteiger charge is 2.32. The third-order valence-electron chi connectivity index (χ3n) is 5.48. The SMILES string of the molecule is CC1CCN(C(=O)C(CCn2cccc2C#N)NS(=O)(=O)c2c(Cl)cccc2Cl)CC1. The van der Waals surface area contributed by atoms with E-state index in [2.05, 4.69) is 17.7 Å². The van der Waals surface area contributed by atoms with Crippen LogP contribution in [0.5, 0.6) is 0 Å². The summed E-state index contributed by atoms with van der Waals surface area (Å²) < 4.78 is 30.4. The average molecular weight is 483 g/mol. The fourth-order valence-electron chi connectivity index (χ4n) is 3.65. The van der Waals surface area contributed by atoms with Crippen LogP contribution in [0.4, 0.5) is 0 Å². The Labute approximate surface area is 192 Å². The number of hydrogen-bond donors (Lipinski definition) is 1. The van der Waals surface area contributed by atoms with E-state index in [0.717, 1.165) is 12.8 Å². The minimum Gasteiger partial charge on any atom is -0.341 e. The zero-order valence-corrected chi connectivity index (χ0v) is 19.4. The molecule has 1 amide bonds. The van der Waals surface area contributed by atoms with E-state index in [9.17, 15) is 18.5 Å². The summed E-state index contributed by atoms with van der Waals surface area (Å²) in [6.45, 7) is 3.60. The minimum absolute atomic E-state index is 0.0184. The molecule has 0 radical (unpaired) electrons. The van der Waals surface area contributed by atoms with Crippen molar-refractivity contribution in [2.45, 2.75) is 43.7 Å². The molecule has 1 atom stereocenters. The summed E-state index contributed by atoms with van der Waals surface area (Å²) in [4.78, 5) is 14.7. The Kier molecular flexibility index (Phi) is 7.65. The van der Waals surface area contributed by atoms with Gasteiger partial charge in [-0.2, -0.15) is 9.98 Å². The number of nitriles is 1. The zero-order valence-electron chi connectivity index (χ0n) is 17.1. The van der Waals surface area contributed by atoms with Crippen molar-refractivity contribution < 1.29 is 13.2 Å². The van der Waals surface area contributed by atoms with Crippen LogP contribution in [0.2, 0.25) is 10.0 Å². The average Bonchev–Trinajstić information content (AvgIpc) is 3.18. The number of sulfonamides is 1. The summed E-state index contributed by atoms with van der Waals surface area (Å²) in [7, 11) is -4.16. The molecule has 1 saturated heterocycles. The van der Waals surface area contributed by atoms with Crippen LogP contribution >= 0.6 is 23.2 Å².